The van der Waals surface area contributed by atoms with Crippen molar-refractivity contribution in [2.75, 3.05) is 6.54 Å². The van der Waals surface area contributed by atoms with Gasteiger partial charge < -0.3 is 10.4 Å². The van der Waals surface area contributed by atoms with Crippen molar-refractivity contribution < 1.29 is 9.90 Å². The van der Waals surface area contributed by atoms with Crippen LogP contribution in [0.15, 0.2) is 42.5 Å². The zero-order chi connectivity index (χ0) is 14.7. The third kappa shape index (κ3) is 3.42. The molecular formula is C18H21NO2. The lowest BCUT2D eigenvalue weighted by Gasteiger charge is -2.25. The molecule has 1 fully saturated rings. The van der Waals surface area contributed by atoms with Gasteiger partial charge >= 0.3 is 0 Å². The van der Waals surface area contributed by atoms with E-state index in [1.807, 2.05) is 42.5 Å². The molecule has 3 rings (SSSR count). The number of aliphatic hydroxyl groups excluding tert-OH is 1. The molecule has 1 amide bonds. The van der Waals surface area contributed by atoms with Gasteiger partial charge in [0.15, 0.2) is 0 Å². The normalized spacial score (nSPS) is 22.1. The number of hydrogen-bond donors (Lipinski definition) is 2. The van der Waals surface area contributed by atoms with E-state index < -0.39 is 0 Å². The maximum Gasteiger partial charge on any atom is 0.251 e. The topological polar surface area (TPSA) is 49.3 Å². The van der Waals surface area contributed by atoms with Gasteiger partial charge in [-0.05, 0) is 54.5 Å². The zero-order valence-corrected chi connectivity index (χ0v) is 12.1. The van der Waals surface area contributed by atoms with Gasteiger partial charge in [-0.25, -0.2) is 0 Å². The van der Waals surface area contributed by atoms with Crippen LogP contribution in [0.25, 0.3) is 10.8 Å². The van der Waals surface area contributed by atoms with E-state index in [1.165, 1.54) is 0 Å². The Hall–Kier alpha value is -1.87. The van der Waals surface area contributed by atoms with Crippen LogP contribution in [0.1, 0.15) is 36.0 Å². The molecule has 1 aliphatic carbocycles. The molecular weight excluding hydrogens is 262 g/mol. The maximum absolute atomic E-state index is 12.2. The molecule has 1 saturated carbocycles. The van der Waals surface area contributed by atoms with Crippen LogP contribution in [0, 0.1) is 5.92 Å². The molecule has 0 aromatic heterocycles. The summed E-state index contributed by atoms with van der Waals surface area (Å²) < 4.78 is 0. The highest BCUT2D eigenvalue weighted by molar-refractivity contribution is 5.98. The van der Waals surface area contributed by atoms with Crippen molar-refractivity contribution in [1.82, 2.24) is 5.32 Å². The van der Waals surface area contributed by atoms with E-state index in [0.717, 1.165) is 36.5 Å². The molecule has 0 heterocycles. The summed E-state index contributed by atoms with van der Waals surface area (Å²) in [7, 11) is 0. The number of benzene rings is 2. The van der Waals surface area contributed by atoms with Crippen LogP contribution in [0.3, 0.4) is 0 Å². The van der Waals surface area contributed by atoms with Gasteiger partial charge in [0.05, 0.1) is 6.10 Å². The molecule has 2 N–H and O–H groups in total. The Labute approximate surface area is 125 Å². The van der Waals surface area contributed by atoms with Gasteiger partial charge in [0, 0.05) is 12.1 Å². The first-order valence-corrected chi connectivity index (χ1v) is 7.67. The predicted octanol–water partition coefficient (Wildman–Crippen LogP) is 3.12. The first-order valence-electron chi connectivity index (χ1n) is 7.67. The third-order valence-corrected chi connectivity index (χ3v) is 4.38. The predicted molar refractivity (Wildman–Crippen MR) is 84.2 cm³/mol. The number of hydrogen-bond acceptors (Lipinski definition) is 2. The second kappa shape index (κ2) is 6.27. The average molecular weight is 283 g/mol. The first-order chi connectivity index (χ1) is 10.2. The van der Waals surface area contributed by atoms with E-state index in [1.54, 1.807) is 0 Å². The molecule has 21 heavy (non-hydrogen) atoms. The molecule has 2 aromatic carbocycles. The van der Waals surface area contributed by atoms with Gasteiger partial charge in [0.1, 0.15) is 0 Å². The zero-order valence-electron chi connectivity index (χ0n) is 12.1. The summed E-state index contributed by atoms with van der Waals surface area (Å²) in [5.74, 6) is 0.490. The number of fused-ring (bicyclic) bond motifs is 1. The molecule has 3 heteroatoms. The molecule has 0 aliphatic heterocycles. The summed E-state index contributed by atoms with van der Waals surface area (Å²) >= 11 is 0. The van der Waals surface area contributed by atoms with Crippen molar-refractivity contribution in [2.24, 2.45) is 5.92 Å². The number of amides is 1. The van der Waals surface area contributed by atoms with Crippen LogP contribution in [-0.4, -0.2) is 23.7 Å². The van der Waals surface area contributed by atoms with Crippen LogP contribution >= 0.6 is 0 Å². The standard InChI is InChI=1S/C18H21NO2/c20-17-9-5-13(6-10-17)12-19-18(21)16-8-7-14-3-1-2-4-15(14)11-16/h1-4,7-8,11,13,17,20H,5-6,9-10,12H2,(H,19,21). The molecule has 0 saturated heterocycles. The smallest absolute Gasteiger partial charge is 0.251 e. The molecule has 0 spiro atoms. The molecule has 110 valence electrons. The number of rotatable bonds is 3. The Kier molecular flexibility index (Phi) is 4.20. The van der Waals surface area contributed by atoms with E-state index >= 15 is 0 Å². The lowest BCUT2D eigenvalue weighted by atomic mass is 9.87. The highest BCUT2D eigenvalue weighted by atomic mass is 16.3. The van der Waals surface area contributed by atoms with Crippen LogP contribution in [0.5, 0.6) is 0 Å². The lowest BCUT2D eigenvalue weighted by molar-refractivity contribution is 0.0910. The summed E-state index contributed by atoms with van der Waals surface area (Å²) in [6.45, 7) is 0.707. The van der Waals surface area contributed by atoms with Crippen molar-refractivity contribution in [3.05, 3.63) is 48.0 Å². The SMILES string of the molecule is O=C(NCC1CCC(O)CC1)c1ccc2ccccc2c1. The van der Waals surface area contributed by atoms with Gasteiger partial charge in [-0.15, -0.1) is 0 Å². The highest BCUT2D eigenvalue weighted by Gasteiger charge is 2.19. The molecule has 0 unspecified atom stereocenters. The molecule has 0 atom stereocenters. The Morgan fingerprint density at radius 3 is 2.52 bits per heavy atom. The fraction of sp³-hybridized carbons (Fsp3) is 0.389. The van der Waals surface area contributed by atoms with Crippen LogP contribution in [0.4, 0.5) is 0 Å². The fourth-order valence-corrected chi connectivity index (χ4v) is 3.02. The molecule has 0 bridgehead atoms. The fourth-order valence-electron chi connectivity index (χ4n) is 3.02. The molecule has 1 aliphatic rings. The van der Waals surface area contributed by atoms with Crippen molar-refractivity contribution in [1.29, 1.82) is 0 Å². The van der Waals surface area contributed by atoms with Gasteiger partial charge in [-0.2, -0.15) is 0 Å². The minimum atomic E-state index is -0.141. The van der Waals surface area contributed by atoms with Crippen molar-refractivity contribution in [3.8, 4) is 0 Å². The molecule has 0 radical (unpaired) electrons. The quantitative estimate of drug-likeness (QED) is 0.909. The second-order valence-corrected chi connectivity index (χ2v) is 5.95. The number of aliphatic hydroxyl groups is 1. The Morgan fingerprint density at radius 2 is 1.76 bits per heavy atom. The van der Waals surface area contributed by atoms with Crippen molar-refractivity contribution in [3.63, 3.8) is 0 Å². The monoisotopic (exact) mass is 283 g/mol. The van der Waals surface area contributed by atoms with Crippen LogP contribution < -0.4 is 5.32 Å². The minimum Gasteiger partial charge on any atom is -0.393 e. The van der Waals surface area contributed by atoms with Gasteiger partial charge in [-0.1, -0.05) is 30.3 Å². The summed E-state index contributed by atoms with van der Waals surface area (Å²) in [4.78, 5) is 12.2. The largest absolute Gasteiger partial charge is 0.393 e. The van der Waals surface area contributed by atoms with E-state index in [-0.39, 0.29) is 12.0 Å². The van der Waals surface area contributed by atoms with Crippen LogP contribution in [-0.2, 0) is 0 Å². The van der Waals surface area contributed by atoms with Crippen molar-refractivity contribution >= 4 is 16.7 Å². The highest BCUT2D eigenvalue weighted by Crippen LogP contribution is 2.23. The summed E-state index contributed by atoms with van der Waals surface area (Å²) in [6.07, 6.45) is 3.57. The first kappa shape index (κ1) is 14.1. The van der Waals surface area contributed by atoms with E-state index in [9.17, 15) is 9.90 Å². The average Bonchev–Trinajstić information content (AvgIpc) is 2.53. The van der Waals surface area contributed by atoms with Gasteiger partial charge in [-0.3, -0.25) is 4.79 Å². The Bertz CT molecular complexity index is 630. The maximum atomic E-state index is 12.2. The Balaban J connectivity index is 1.61. The van der Waals surface area contributed by atoms with Gasteiger partial charge in [0.25, 0.3) is 5.91 Å². The molecule has 2 aromatic rings. The van der Waals surface area contributed by atoms with Crippen LogP contribution in [0.2, 0.25) is 0 Å². The van der Waals surface area contributed by atoms with E-state index in [4.69, 9.17) is 0 Å². The minimum absolute atomic E-state index is 0.00752. The summed E-state index contributed by atoms with van der Waals surface area (Å²) in [6, 6.07) is 13.9. The molecule has 3 nitrogen and oxygen atoms in total. The van der Waals surface area contributed by atoms with Gasteiger partial charge in [0.2, 0.25) is 0 Å². The number of carbonyl (C=O) groups is 1. The third-order valence-electron chi connectivity index (χ3n) is 4.38. The lowest BCUT2D eigenvalue weighted by Crippen LogP contribution is -2.32. The van der Waals surface area contributed by atoms with Crippen molar-refractivity contribution in [2.45, 2.75) is 31.8 Å². The summed E-state index contributed by atoms with van der Waals surface area (Å²) in [5, 5.41) is 14.8. The van der Waals surface area contributed by atoms with E-state index in [0.29, 0.717) is 18.0 Å². The summed E-state index contributed by atoms with van der Waals surface area (Å²) in [5.41, 5.74) is 0.713. The van der Waals surface area contributed by atoms with E-state index in [2.05, 4.69) is 5.32 Å². The Morgan fingerprint density at radius 1 is 1.05 bits per heavy atom. The second-order valence-electron chi connectivity index (χ2n) is 5.95. The number of carbonyl (C=O) groups excluding carboxylic acids is 1. The number of nitrogens with one attached hydrogen (secondary N) is 1.